The number of phenols is 4. The molecule has 6 rings (SSSR count). The molecule has 0 unspecified atom stereocenters. The van der Waals surface area contributed by atoms with Gasteiger partial charge in [0, 0.05) is 12.1 Å². The Morgan fingerprint density at radius 3 is 1.87 bits per heavy atom. The fraction of sp³-hybridized carbons (Fsp3) is 0. The first-order chi connectivity index (χ1) is 25.1. The Morgan fingerprint density at radius 1 is 0.556 bits per heavy atom. The largest absolute Gasteiger partial charge is 0.507 e. The van der Waals surface area contributed by atoms with Crippen molar-refractivity contribution in [1.29, 1.82) is 0 Å². The van der Waals surface area contributed by atoms with Gasteiger partial charge < -0.3 is 20.4 Å². The molecule has 0 radical (unpaired) electrons. The van der Waals surface area contributed by atoms with Gasteiger partial charge in [-0.2, -0.15) is 25.3 Å². The van der Waals surface area contributed by atoms with Crippen molar-refractivity contribution in [3.63, 3.8) is 0 Å². The lowest BCUT2D eigenvalue weighted by atomic mass is 9.89. The van der Waals surface area contributed by atoms with Gasteiger partial charge in [-0.05, 0) is 70.6 Å². The topological polar surface area (TPSA) is 326 Å². The molecule has 19 nitrogen and oxygen atoms in total. The van der Waals surface area contributed by atoms with E-state index in [0.717, 1.165) is 18.2 Å². The van der Waals surface area contributed by atoms with Crippen LogP contribution in [-0.4, -0.2) is 70.9 Å². The minimum atomic E-state index is -5.15. The normalized spacial score (nSPS) is 14.7. The molecule has 280 valence electrons. The molecular formula is C32H24N4O15S3. The van der Waals surface area contributed by atoms with Gasteiger partial charge in [-0.1, -0.05) is 18.2 Å². The molecule has 0 amide bonds. The summed E-state index contributed by atoms with van der Waals surface area (Å²) in [6.07, 6.45) is 3.92. The van der Waals surface area contributed by atoms with Gasteiger partial charge in [-0.15, -0.1) is 0 Å². The van der Waals surface area contributed by atoms with E-state index in [1.807, 2.05) is 0 Å². The van der Waals surface area contributed by atoms with E-state index in [-0.39, 0.29) is 34.0 Å². The van der Waals surface area contributed by atoms with Crippen LogP contribution in [0.4, 0.5) is 17.1 Å². The highest BCUT2D eigenvalue weighted by Gasteiger charge is 2.31. The van der Waals surface area contributed by atoms with Crippen LogP contribution in [0.5, 0.6) is 23.0 Å². The van der Waals surface area contributed by atoms with Crippen molar-refractivity contribution >= 4 is 69.8 Å². The second kappa shape index (κ2) is 13.2. The zero-order chi connectivity index (χ0) is 39.5. The molecule has 54 heavy (non-hydrogen) atoms. The maximum Gasteiger partial charge on any atom is 0.296 e. The number of ketones is 2. The Hall–Kier alpha value is -6.43. The van der Waals surface area contributed by atoms with Gasteiger partial charge in [0.05, 0.1) is 32.1 Å². The molecule has 4 aromatic rings. The number of hydrazine groups is 2. The first kappa shape index (κ1) is 37.3. The van der Waals surface area contributed by atoms with E-state index in [1.165, 1.54) is 42.5 Å². The van der Waals surface area contributed by atoms with Gasteiger partial charge >= 0.3 is 0 Å². The van der Waals surface area contributed by atoms with E-state index in [4.69, 9.17) is 0 Å². The Balaban J connectivity index is 1.26. The van der Waals surface area contributed by atoms with Crippen molar-refractivity contribution in [2.24, 2.45) is 0 Å². The molecule has 2 aliphatic carbocycles. The van der Waals surface area contributed by atoms with Crippen molar-refractivity contribution in [2.75, 3.05) is 16.3 Å². The Kier molecular flexibility index (Phi) is 9.13. The van der Waals surface area contributed by atoms with Crippen LogP contribution in [0.2, 0.25) is 0 Å². The van der Waals surface area contributed by atoms with Crippen LogP contribution >= 0.6 is 0 Å². The number of rotatable bonds is 10. The highest BCUT2D eigenvalue weighted by molar-refractivity contribution is 7.90. The van der Waals surface area contributed by atoms with Crippen molar-refractivity contribution in [3.05, 3.63) is 101 Å². The number of carbonyl (C=O) groups excluding carboxylic acids is 2. The quantitative estimate of drug-likeness (QED) is 0.0624. The smallest absolute Gasteiger partial charge is 0.296 e. The number of phenolic OH excluding ortho intramolecular Hbond substituents is 4. The number of anilines is 3. The third-order valence-electron chi connectivity index (χ3n) is 7.99. The van der Waals surface area contributed by atoms with E-state index >= 15 is 0 Å². The van der Waals surface area contributed by atoms with Gasteiger partial charge in [0.2, 0.25) is 5.78 Å². The van der Waals surface area contributed by atoms with Gasteiger partial charge in [0.1, 0.15) is 33.5 Å². The monoisotopic (exact) mass is 800 g/mol. The fourth-order valence-corrected chi connectivity index (χ4v) is 7.22. The van der Waals surface area contributed by atoms with Crippen molar-refractivity contribution in [1.82, 2.24) is 5.43 Å². The number of carbonyl (C=O) groups is 2. The second-order valence-corrected chi connectivity index (χ2v) is 15.7. The molecule has 2 aliphatic rings. The number of hydrogen-bond acceptors (Lipinski definition) is 16. The first-order valence-corrected chi connectivity index (χ1v) is 19.1. The van der Waals surface area contributed by atoms with Crippen LogP contribution in [0.25, 0.3) is 21.9 Å². The molecule has 0 fully saturated rings. The Morgan fingerprint density at radius 2 is 1.22 bits per heavy atom. The minimum absolute atomic E-state index is 0.00688. The average Bonchev–Trinajstić information content (AvgIpc) is 3.07. The van der Waals surface area contributed by atoms with Crippen LogP contribution in [0, 0.1) is 0 Å². The molecule has 0 atom stereocenters. The molecule has 0 aromatic heterocycles. The summed E-state index contributed by atoms with van der Waals surface area (Å²) in [4.78, 5) is 22.8. The van der Waals surface area contributed by atoms with Crippen LogP contribution < -0.4 is 21.7 Å². The molecular weight excluding hydrogens is 777 g/mol. The van der Waals surface area contributed by atoms with Crippen molar-refractivity contribution in [3.8, 4) is 34.1 Å². The lowest BCUT2D eigenvalue weighted by molar-refractivity contribution is -0.114. The maximum absolute atomic E-state index is 12.7. The summed E-state index contributed by atoms with van der Waals surface area (Å²) in [5, 5.41) is 41.8. The SMILES string of the molecule is O=C1C=CC2=CC(S(=O)(=O)O)=CC(=O)C2=C1NNc1ccc(-c2ccc(O)c(NNc3c(S(=O)(=O)O)cc4cc(S(=O)(=O)O)cc(O)c4c3O)c2)cc1O. The Bertz CT molecular complexity index is 2830. The first-order valence-electron chi connectivity index (χ1n) is 14.7. The third kappa shape index (κ3) is 7.14. The van der Waals surface area contributed by atoms with Gasteiger partial charge in [-0.25, -0.2) is 0 Å². The maximum atomic E-state index is 12.7. The van der Waals surface area contributed by atoms with Crippen LogP contribution in [0.1, 0.15) is 0 Å². The zero-order valence-electron chi connectivity index (χ0n) is 26.6. The number of allylic oxidation sites excluding steroid dienone is 6. The summed E-state index contributed by atoms with van der Waals surface area (Å²) in [5.74, 6) is -4.21. The minimum Gasteiger partial charge on any atom is -0.507 e. The predicted molar refractivity (Wildman–Crippen MR) is 190 cm³/mol. The molecule has 22 heteroatoms. The summed E-state index contributed by atoms with van der Waals surface area (Å²) < 4.78 is 99.4. The summed E-state index contributed by atoms with van der Waals surface area (Å²) in [6.45, 7) is 0. The molecule has 11 N–H and O–H groups in total. The average molecular weight is 801 g/mol. The molecule has 0 saturated carbocycles. The van der Waals surface area contributed by atoms with Gasteiger partial charge in [0.25, 0.3) is 30.4 Å². The zero-order valence-corrected chi connectivity index (χ0v) is 29.1. The number of nitrogens with one attached hydrogen (secondary N) is 4. The third-order valence-corrected chi connectivity index (χ3v) is 10.5. The summed E-state index contributed by atoms with van der Waals surface area (Å²) in [6, 6.07) is 10.1. The summed E-state index contributed by atoms with van der Waals surface area (Å²) in [7, 11) is -14.7. The number of benzene rings is 4. The molecule has 4 aromatic carbocycles. The van der Waals surface area contributed by atoms with Crippen LogP contribution in [-0.2, 0) is 39.9 Å². The predicted octanol–water partition coefficient (Wildman–Crippen LogP) is 2.85. The molecule has 0 saturated heterocycles. The van der Waals surface area contributed by atoms with Gasteiger partial charge in [0.15, 0.2) is 11.5 Å². The van der Waals surface area contributed by atoms with Crippen molar-refractivity contribution < 1.29 is 68.9 Å². The highest BCUT2D eigenvalue weighted by atomic mass is 32.2. The van der Waals surface area contributed by atoms with E-state index in [0.29, 0.717) is 29.3 Å². The summed E-state index contributed by atoms with van der Waals surface area (Å²) in [5.41, 5.74) is 9.30. The highest BCUT2D eigenvalue weighted by Crippen LogP contribution is 2.44. The molecule has 0 heterocycles. The molecule has 0 aliphatic heterocycles. The van der Waals surface area contributed by atoms with Crippen molar-refractivity contribution in [2.45, 2.75) is 9.79 Å². The van der Waals surface area contributed by atoms with E-state index < -0.39 is 90.3 Å². The van der Waals surface area contributed by atoms with Gasteiger partial charge in [-0.3, -0.25) is 45.0 Å². The molecule has 0 bridgehead atoms. The second-order valence-electron chi connectivity index (χ2n) is 11.5. The summed E-state index contributed by atoms with van der Waals surface area (Å²) >= 11 is 0. The fourth-order valence-electron chi connectivity index (χ4n) is 5.47. The lowest BCUT2D eigenvalue weighted by Crippen LogP contribution is -2.31. The molecule has 0 spiro atoms. The number of aromatic hydroxyl groups is 4. The van der Waals surface area contributed by atoms with Crippen LogP contribution in [0.15, 0.2) is 110 Å². The lowest BCUT2D eigenvalue weighted by Gasteiger charge is -2.21. The van der Waals surface area contributed by atoms with Crippen LogP contribution in [0.3, 0.4) is 0 Å². The Labute approximate surface area is 304 Å². The van der Waals surface area contributed by atoms with E-state index in [2.05, 4.69) is 21.7 Å². The van der Waals surface area contributed by atoms with E-state index in [1.54, 1.807) is 0 Å². The number of fused-ring (bicyclic) bond motifs is 2. The van der Waals surface area contributed by atoms with E-state index in [9.17, 15) is 68.9 Å². The number of hydrogen-bond donors (Lipinski definition) is 11. The standard InChI is InChI=1S/C32H24N4O15S3/c37-22-5-2-14(9-21(22)34-36-31-27(54(49,50)51)11-17-8-19(53(46,47)48)13-26(41)29(17)32(31)42)15-1-4-20(24(39)10-15)33-35-30-23(38)6-3-16-7-18(52(43,44)45)12-25(40)28(16)30/h1-13,33-37,39,41-42H,(H,43,44,45)(H,46,47,48)(H,49,50,51).